The fourth-order valence-electron chi connectivity index (χ4n) is 12.9. The molecule has 0 saturated heterocycles. The summed E-state index contributed by atoms with van der Waals surface area (Å²) in [7, 11) is 0. The minimum Gasteiger partial charge on any atom is -0.508 e. The molecule has 4 heteroatoms. The van der Waals surface area contributed by atoms with Crippen LogP contribution in [0.25, 0.3) is 0 Å². The Balaban J connectivity index is 1.24. The summed E-state index contributed by atoms with van der Waals surface area (Å²) < 4.78 is 0. The van der Waals surface area contributed by atoms with E-state index in [2.05, 4.69) is 53.4 Å². The monoisotopic (exact) mass is 575 g/mol. The van der Waals surface area contributed by atoms with Gasteiger partial charge < -0.3 is 15.5 Å². The number of aliphatic carboxylic acids is 1. The van der Waals surface area contributed by atoms with E-state index in [0.29, 0.717) is 40.9 Å². The fourth-order valence-corrected chi connectivity index (χ4v) is 12.9. The van der Waals surface area contributed by atoms with Gasteiger partial charge in [0.05, 0.1) is 5.41 Å². The maximum atomic E-state index is 12.9. The molecule has 0 bridgehead atoms. The van der Waals surface area contributed by atoms with Crippen LogP contribution in [0.4, 0.5) is 0 Å². The molecule has 10 unspecified atom stereocenters. The molecule has 0 amide bonds. The van der Waals surface area contributed by atoms with Gasteiger partial charge >= 0.3 is 5.97 Å². The third-order valence-corrected chi connectivity index (χ3v) is 15.3. The Morgan fingerprint density at radius 1 is 0.881 bits per heavy atom. The van der Waals surface area contributed by atoms with Crippen molar-refractivity contribution in [2.75, 3.05) is 6.54 Å². The van der Waals surface area contributed by atoms with Gasteiger partial charge in [0.2, 0.25) is 0 Å². The van der Waals surface area contributed by atoms with Gasteiger partial charge in [-0.25, -0.2) is 0 Å². The molecule has 0 heterocycles. The van der Waals surface area contributed by atoms with Crippen molar-refractivity contribution in [2.45, 2.75) is 118 Å². The Hall–Kier alpha value is -1.81. The van der Waals surface area contributed by atoms with Gasteiger partial charge in [0.1, 0.15) is 5.75 Å². The van der Waals surface area contributed by atoms with Gasteiger partial charge in [0, 0.05) is 6.04 Å². The highest BCUT2D eigenvalue weighted by Gasteiger charge is 2.72. The maximum Gasteiger partial charge on any atom is 0.309 e. The number of aromatic hydroxyl groups is 1. The minimum absolute atomic E-state index is 0.189. The van der Waals surface area contributed by atoms with Gasteiger partial charge in [0.15, 0.2) is 0 Å². The zero-order chi connectivity index (χ0) is 30.3. The molecule has 0 radical (unpaired) electrons. The smallest absolute Gasteiger partial charge is 0.309 e. The lowest BCUT2D eigenvalue weighted by Crippen LogP contribution is -2.67. The normalized spacial score (nSPS) is 45.7. The summed E-state index contributed by atoms with van der Waals surface area (Å²) in [6, 6.07) is 8.17. The van der Waals surface area contributed by atoms with Crippen molar-refractivity contribution < 1.29 is 15.0 Å². The number of benzene rings is 1. The molecular weight excluding hydrogens is 518 g/mol. The number of phenols is 1. The summed E-state index contributed by atoms with van der Waals surface area (Å²) in [4.78, 5) is 12.9. The lowest BCUT2D eigenvalue weighted by atomic mass is 9.32. The van der Waals surface area contributed by atoms with Crippen LogP contribution in [0.2, 0.25) is 0 Å². The summed E-state index contributed by atoms with van der Waals surface area (Å²) in [5, 5.41) is 24.3. The molecule has 10 atom stereocenters. The second-order valence-corrected chi connectivity index (χ2v) is 16.9. The summed E-state index contributed by atoms with van der Waals surface area (Å²) in [5.41, 5.74) is 2.94. The summed E-state index contributed by atoms with van der Waals surface area (Å²) in [5.74, 6) is 2.29. The van der Waals surface area contributed by atoms with E-state index in [-0.39, 0.29) is 22.2 Å². The number of carboxylic acids is 1. The minimum atomic E-state index is -0.538. The number of allylic oxidation sites excluding steroid dienone is 1. The predicted octanol–water partition coefficient (Wildman–Crippen LogP) is 8.64. The number of phenolic OH excluding ortho intramolecular Hbond substituents is 1. The first-order chi connectivity index (χ1) is 19.7. The van der Waals surface area contributed by atoms with Crippen molar-refractivity contribution in [3.8, 4) is 5.75 Å². The molecule has 5 fully saturated rings. The number of hydrogen-bond acceptors (Lipinski definition) is 3. The van der Waals surface area contributed by atoms with E-state index >= 15 is 0 Å². The molecule has 0 spiro atoms. The molecular formula is C38H57NO3. The molecule has 3 N–H and O–H groups in total. The van der Waals surface area contributed by atoms with Crippen LogP contribution in [-0.4, -0.2) is 28.8 Å². The SMILES string of the molecule is C=C(C)C1CCC2(C(=O)O)CCC3(C)C(CCC4C5(C)CCC(NCCc6ccc(O)cc6)C(C)(C)C5CCC43C)C12. The summed E-state index contributed by atoms with van der Waals surface area (Å²) in [6.45, 7) is 20.5. The summed E-state index contributed by atoms with van der Waals surface area (Å²) >= 11 is 0. The first-order valence-electron chi connectivity index (χ1n) is 17.1. The standard InChI is InChI=1S/C38H57NO3/c1-24(2)27-14-20-38(33(41)42)22-21-36(6)28(32(27)38)12-13-30-35(5)18-16-31(34(3,4)29(35)15-19-37(30,36)7)39-23-17-25-8-10-26(40)11-9-25/h8-11,27-32,39-40H,1,12-23H2,2-7H3,(H,41,42). The van der Waals surface area contributed by atoms with Gasteiger partial charge in [-0.1, -0.05) is 58.9 Å². The van der Waals surface area contributed by atoms with Crippen molar-refractivity contribution in [3.63, 3.8) is 0 Å². The van der Waals surface area contributed by atoms with Crippen molar-refractivity contribution in [3.05, 3.63) is 42.0 Å². The zero-order valence-electron chi connectivity index (χ0n) is 27.3. The fraction of sp³-hybridized carbons (Fsp3) is 0.763. The van der Waals surface area contributed by atoms with E-state index < -0.39 is 11.4 Å². The number of rotatable bonds is 6. The van der Waals surface area contributed by atoms with E-state index in [0.717, 1.165) is 38.6 Å². The third kappa shape index (κ3) is 4.12. The van der Waals surface area contributed by atoms with Gasteiger partial charge in [-0.3, -0.25) is 4.79 Å². The van der Waals surface area contributed by atoms with Crippen LogP contribution in [0.3, 0.4) is 0 Å². The molecule has 0 aliphatic heterocycles. The van der Waals surface area contributed by atoms with Crippen LogP contribution in [0.15, 0.2) is 36.4 Å². The molecule has 232 valence electrons. The van der Waals surface area contributed by atoms with Crippen LogP contribution >= 0.6 is 0 Å². The van der Waals surface area contributed by atoms with E-state index in [1.165, 1.54) is 49.7 Å². The van der Waals surface area contributed by atoms with Crippen molar-refractivity contribution in [1.82, 2.24) is 5.32 Å². The first-order valence-corrected chi connectivity index (χ1v) is 17.1. The van der Waals surface area contributed by atoms with Gasteiger partial charge in [-0.2, -0.15) is 0 Å². The second-order valence-electron chi connectivity index (χ2n) is 16.9. The Morgan fingerprint density at radius 3 is 2.26 bits per heavy atom. The molecule has 5 aliphatic rings. The predicted molar refractivity (Wildman–Crippen MR) is 170 cm³/mol. The lowest BCUT2D eigenvalue weighted by Gasteiger charge is -2.73. The average molecular weight is 576 g/mol. The van der Waals surface area contributed by atoms with Crippen LogP contribution in [0.1, 0.15) is 111 Å². The number of carbonyl (C=O) groups is 1. The molecule has 6 rings (SSSR count). The topological polar surface area (TPSA) is 69.6 Å². The van der Waals surface area contributed by atoms with E-state index in [9.17, 15) is 15.0 Å². The lowest BCUT2D eigenvalue weighted by molar-refractivity contribution is -0.240. The maximum absolute atomic E-state index is 12.9. The average Bonchev–Trinajstić information content (AvgIpc) is 3.33. The van der Waals surface area contributed by atoms with Crippen LogP contribution in [-0.2, 0) is 11.2 Å². The largest absolute Gasteiger partial charge is 0.508 e. The quantitative estimate of drug-likeness (QED) is 0.297. The molecule has 5 aliphatic carbocycles. The second kappa shape index (κ2) is 10.1. The van der Waals surface area contributed by atoms with Crippen molar-refractivity contribution in [1.29, 1.82) is 0 Å². The number of hydrogen-bond donors (Lipinski definition) is 3. The zero-order valence-corrected chi connectivity index (χ0v) is 27.3. The highest BCUT2D eigenvalue weighted by Crippen LogP contribution is 2.77. The molecule has 1 aromatic rings. The molecule has 5 saturated carbocycles. The van der Waals surface area contributed by atoms with Gasteiger partial charge in [0.25, 0.3) is 0 Å². The Labute approximate surface area is 255 Å². The Morgan fingerprint density at radius 2 is 1.60 bits per heavy atom. The first kappa shape index (κ1) is 30.2. The van der Waals surface area contributed by atoms with Crippen molar-refractivity contribution >= 4 is 5.97 Å². The molecule has 42 heavy (non-hydrogen) atoms. The van der Waals surface area contributed by atoms with Crippen LogP contribution in [0.5, 0.6) is 5.75 Å². The van der Waals surface area contributed by atoms with Crippen LogP contribution < -0.4 is 5.32 Å². The van der Waals surface area contributed by atoms with E-state index in [1.54, 1.807) is 12.1 Å². The van der Waals surface area contributed by atoms with E-state index in [1.807, 2.05) is 12.1 Å². The molecule has 1 aromatic carbocycles. The molecule has 4 nitrogen and oxygen atoms in total. The Bertz CT molecular complexity index is 1220. The third-order valence-electron chi connectivity index (χ3n) is 15.3. The molecule has 0 aromatic heterocycles. The van der Waals surface area contributed by atoms with Crippen LogP contribution in [0, 0.1) is 56.7 Å². The summed E-state index contributed by atoms with van der Waals surface area (Å²) in [6.07, 6.45) is 12.3. The van der Waals surface area contributed by atoms with Gasteiger partial charge in [-0.05, 0) is 153 Å². The highest BCUT2D eigenvalue weighted by molar-refractivity contribution is 5.76. The highest BCUT2D eigenvalue weighted by atomic mass is 16.4. The van der Waals surface area contributed by atoms with Gasteiger partial charge in [-0.15, -0.1) is 0 Å². The number of nitrogens with one attached hydrogen (secondary N) is 1. The number of carboxylic acid groups (broad SMARTS) is 1. The van der Waals surface area contributed by atoms with E-state index in [4.69, 9.17) is 0 Å². The number of fused-ring (bicyclic) bond motifs is 7. The Kier molecular flexibility index (Phi) is 7.28. The van der Waals surface area contributed by atoms with Crippen molar-refractivity contribution in [2.24, 2.45) is 56.7 Å².